The Bertz CT molecular complexity index is 380. The van der Waals surface area contributed by atoms with Crippen molar-refractivity contribution in [3.05, 3.63) is 5.28 Å². The van der Waals surface area contributed by atoms with Crippen molar-refractivity contribution in [3.8, 4) is 6.01 Å². The molecule has 0 saturated carbocycles. The van der Waals surface area contributed by atoms with Gasteiger partial charge in [0.05, 0.1) is 13.2 Å². The SMILES string of the molecule is COc1nc(Cl)nc(SC2CCOC2C)n1. The molecule has 2 atom stereocenters. The van der Waals surface area contributed by atoms with Crippen LogP contribution in [0.15, 0.2) is 5.16 Å². The first-order chi connectivity index (χ1) is 7.69. The number of thioether (sulfide) groups is 1. The molecule has 1 aliphatic heterocycles. The Kier molecular flexibility index (Phi) is 3.83. The molecule has 0 amide bonds. The second-order valence-corrected chi connectivity index (χ2v) is 4.94. The van der Waals surface area contributed by atoms with Crippen molar-refractivity contribution < 1.29 is 9.47 Å². The number of methoxy groups -OCH3 is 1. The van der Waals surface area contributed by atoms with Gasteiger partial charge in [-0.25, -0.2) is 0 Å². The molecular weight excluding hydrogens is 250 g/mol. The molecule has 88 valence electrons. The van der Waals surface area contributed by atoms with Gasteiger partial charge in [0, 0.05) is 11.9 Å². The van der Waals surface area contributed by atoms with E-state index in [0.29, 0.717) is 10.4 Å². The smallest absolute Gasteiger partial charge is 0.321 e. The zero-order valence-corrected chi connectivity index (χ0v) is 10.6. The maximum absolute atomic E-state index is 5.76. The van der Waals surface area contributed by atoms with Crippen LogP contribution in [0.2, 0.25) is 5.28 Å². The van der Waals surface area contributed by atoms with E-state index in [-0.39, 0.29) is 17.4 Å². The van der Waals surface area contributed by atoms with E-state index in [1.165, 1.54) is 7.11 Å². The average Bonchev–Trinajstić information content (AvgIpc) is 2.63. The number of hydrogen-bond donors (Lipinski definition) is 0. The van der Waals surface area contributed by atoms with Crippen LogP contribution in [-0.2, 0) is 4.74 Å². The molecule has 2 unspecified atom stereocenters. The molecule has 0 aromatic carbocycles. The van der Waals surface area contributed by atoms with Gasteiger partial charge in [0.1, 0.15) is 0 Å². The van der Waals surface area contributed by atoms with Crippen LogP contribution in [0.4, 0.5) is 0 Å². The van der Waals surface area contributed by atoms with Gasteiger partial charge in [-0.05, 0) is 24.9 Å². The molecule has 1 saturated heterocycles. The van der Waals surface area contributed by atoms with Crippen molar-refractivity contribution in [1.29, 1.82) is 0 Å². The molecule has 2 rings (SSSR count). The van der Waals surface area contributed by atoms with E-state index in [4.69, 9.17) is 21.1 Å². The van der Waals surface area contributed by atoms with Gasteiger partial charge < -0.3 is 9.47 Å². The molecule has 5 nitrogen and oxygen atoms in total. The minimum absolute atomic E-state index is 0.154. The van der Waals surface area contributed by atoms with Crippen LogP contribution < -0.4 is 4.74 Å². The second kappa shape index (κ2) is 5.16. The van der Waals surface area contributed by atoms with Crippen LogP contribution in [0.3, 0.4) is 0 Å². The molecular formula is C9H12ClN3O2S. The molecule has 7 heteroatoms. The Balaban J connectivity index is 2.11. The number of halogens is 1. The summed E-state index contributed by atoms with van der Waals surface area (Å²) >= 11 is 7.32. The van der Waals surface area contributed by atoms with Gasteiger partial charge in [0.25, 0.3) is 0 Å². The topological polar surface area (TPSA) is 57.1 Å². The Morgan fingerprint density at radius 1 is 1.44 bits per heavy atom. The standard InChI is InChI=1S/C9H12ClN3O2S/c1-5-6(3-4-15-5)16-9-12-7(10)11-8(13-9)14-2/h5-6H,3-4H2,1-2H3. The predicted molar refractivity (Wildman–Crippen MR) is 61.1 cm³/mol. The monoisotopic (exact) mass is 261 g/mol. The van der Waals surface area contributed by atoms with E-state index in [2.05, 4.69) is 15.0 Å². The lowest BCUT2D eigenvalue weighted by atomic mass is 10.3. The van der Waals surface area contributed by atoms with Crippen molar-refractivity contribution in [2.75, 3.05) is 13.7 Å². The predicted octanol–water partition coefficient (Wildman–Crippen LogP) is 1.80. The van der Waals surface area contributed by atoms with Crippen LogP contribution in [0.25, 0.3) is 0 Å². The highest BCUT2D eigenvalue weighted by molar-refractivity contribution is 7.99. The molecule has 0 aliphatic carbocycles. The lowest BCUT2D eigenvalue weighted by molar-refractivity contribution is 0.127. The fourth-order valence-electron chi connectivity index (χ4n) is 1.46. The number of rotatable bonds is 3. The van der Waals surface area contributed by atoms with Crippen LogP contribution in [-0.4, -0.2) is 40.0 Å². The van der Waals surface area contributed by atoms with Crippen LogP contribution in [0, 0.1) is 0 Å². The fraction of sp³-hybridized carbons (Fsp3) is 0.667. The van der Waals surface area contributed by atoms with Gasteiger partial charge in [-0.2, -0.15) is 15.0 Å². The van der Waals surface area contributed by atoms with E-state index in [1.807, 2.05) is 6.92 Å². The summed E-state index contributed by atoms with van der Waals surface area (Å²) in [5, 5.41) is 1.10. The van der Waals surface area contributed by atoms with Gasteiger partial charge in [-0.1, -0.05) is 11.8 Å². The first-order valence-electron chi connectivity index (χ1n) is 4.93. The Hall–Kier alpha value is -0.590. The third-order valence-corrected chi connectivity index (χ3v) is 3.80. The molecule has 0 radical (unpaired) electrons. The maximum atomic E-state index is 5.76. The molecule has 2 heterocycles. The Labute approximate surface area is 103 Å². The van der Waals surface area contributed by atoms with Crippen molar-refractivity contribution in [2.45, 2.75) is 29.9 Å². The zero-order chi connectivity index (χ0) is 11.5. The molecule has 1 aliphatic rings. The first kappa shape index (κ1) is 11.9. The largest absolute Gasteiger partial charge is 0.467 e. The second-order valence-electron chi connectivity index (χ2n) is 3.39. The van der Waals surface area contributed by atoms with E-state index >= 15 is 0 Å². The summed E-state index contributed by atoms with van der Waals surface area (Å²) in [6.45, 7) is 2.83. The number of hydrogen-bond acceptors (Lipinski definition) is 6. The summed E-state index contributed by atoms with van der Waals surface area (Å²) in [6.07, 6.45) is 1.21. The van der Waals surface area contributed by atoms with Crippen molar-refractivity contribution in [3.63, 3.8) is 0 Å². The van der Waals surface area contributed by atoms with E-state index in [1.54, 1.807) is 11.8 Å². The third-order valence-electron chi connectivity index (χ3n) is 2.31. The highest BCUT2D eigenvalue weighted by Gasteiger charge is 2.26. The minimum Gasteiger partial charge on any atom is -0.467 e. The third kappa shape index (κ3) is 2.75. The van der Waals surface area contributed by atoms with Gasteiger partial charge in [-0.15, -0.1) is 0 Å². The summed E-state index contributed by atoms with van der Waals surface area (Å²) in [5.74, 6) is 0. The summed E-state index contributed by atoms with van der Waals surface area (Å²) in [4.78, 5) is 12.0. The molecule has 0 spiro atoms. The fourth-order valence-corrected chi connectivity index (χ4v) is 2.69. The van der Waals surface area contributed by atoms with Gasteiger partial charge in [0.2, 0.25) is 5.28 Å². The van der Waals surface area contributed by atoms with Crippen LogP contribution in [0.1, 0.15) is 13.3 Å². The van der Waals surface area contributed by atoms with Gasteiger partial charge in [-0.3, -0.25) is 0 Å². The molecule has 1 fully saturated rings. The van der Waals surface area contributed by atoms with Crippen molar-refractivity contribution in [2.24, 2.45) is 0 Å². The van der Waals surface area contributed by atoms with Crippen molar-refractivity contribution >= 4 is 23.4 Å². The Morgan fingerprint density at radius 3 is 2.88 bits per heavy atom. The zero-order valence-electron chi connectivity index (χ0n) is 9.01. The van der Waals surface area contributed by atoms with Gasteiger partial charge in [0.15, 0.2) is 5.16 Å². The lowest BCUT2D eigenvalue weighted by Crippen LogP contribution is -2.14. The number of nitrogens with zero attached hydrogens (tertiary/aromatic N) is 3. The first-order valence-corrected chi connectivity index (χ1v) is 6.18. The summed E-state index contributed by atoms with van der Waals surface area (Å²) in [6, 6.07) is 0.245. The number of aromatic nitrogens is 3. The summed E-state index contributed by atoms with van der Waals surface area (Å²) in [7, 11) is 1.50. The molecule has 0 N–H and O–H groups in total. The van der Waals surface area contributed by atoms with Gasteiger partial charge >= 0.3 is 6.01 Å². The molecule has 1 aromatic rings. The quantitative estimate of drug-likeness (QED) is 0.827. The van der Waals surface area contributed by atoms with E-state index in [0.717, 1.165) is 13.0 Å². The highest BCUT2D eigenvalue weighted by atomic mass is 35.5. The highest BCUT2D eigenvalue weighted by Crippen LogP contribution is 2.31. The van der Waals surface area contributed by atoms with Crippen LogP contribution in [0.5, 0.6) is 6.01 Å². The van der Waals surface area contributed by atoms with Crippen LogP contribution >= 0.6 is 23.4 Å². The molecule has 0 bridgehead atoms. The van der Waals surface area contributed by atoms with E-state index < -0.39 is 0 Å². The Morgan fingerprint density at radius 2 is 2.25 bits per heavy atom. The minimum atomic E-state index is 0.154. The summed E-state index contributed by atoms with van der Waals surface area (Å²) in [5.41, 5.74) is 0. The summed E-state index contributed by atoms with van der Waals surface area (Å²) < 4.78 is 10.4. The maximum Gasteiger partial charge on any atom is 0.321 e. The lowest BCUT2D eigenvalue weighted by Gasteiger charge is -2.12. The van der Waals surface area contributed by atoms with Crippen molar-refractivity contribution in [1.82, 2.24) is 15.0 Å². The number of ether oxygens (including phenoxy) is 2. The molecule has 1 aromatic heterocycles. The molecule has 16 heavy (non-hydrogen) atoms. The average molecular weight is 262 g/mol. The van der Waals surface area contributed by atoms with E-state index in [9.17, 15) is 0 Å². The normalized spacial score (nSPS) is 24.7.